The summed E-state index contributed by atoms with van der Waals surface area (Å²) < 4.78 is 21.0. The van der Waals surface area contributed by atoms with Gasteiger partial charge in [-0.05, 0) is 85.7 Å². The second-order valence-corrected chi connectivity index (χ2v) is 10.8. The number of hydrogen-bond donors (Lipinski definition) is 1. The van der Waals surface area contributed by atoms with E-state index in [-0.39, 0.29) is 19.1 Å². The smallest absolute Gasteiger partial charge is 0.338 e. The van der Waals surface area contributed by atoms with Crippen LogP contribution in [0.25, 0.3) is 0 Å². The molecule has 0 unspecified atom stereocenters. The molecule has 0 fully saturated rings. The Kier molecular flexibility index (Phi) is 13.3. The van der Waals surface area contributed by atoms with Crippen molar-refractivity contribution < 1.29 is 33.3 Å². The zero-order valence-electron chi connectivity index (χ0n) is 25.5. The first-order valence-corrected chi connectivity index (χ1v) is 15.0. The number of nitrogens with one attached hydrogen (secondary N) is 1. The topological polar surface area (TPSA) is 107 Å². The average Bonchev–Trinajstić information content (AvgIpc) is 3.42. The molecule has 43 heavy (non-hydrogen) atoms. The van der Waals surface area contributed by atoms with Crippen molar-refractivity contribution in [3.63, 3.8) is 0 Å². The number of amides is 3. The number of carbonyl (C=O) groups is 3. The Morgan fingerprint density at radius 2 is 1.65 bits per heavy atom. The number of esters is 1. The number of anilines is 1. The highest BCUT2D eigenvalue weighted by Gasteiger charge is 2.23. The molecule has 0 aliphatic heterocycles. The van der Waals surface area contributed by atoms with Crippen molar-refractivity contribution in [2.45, 2.75) is 33.2 Å². The summed E-state index contributed by atoms with van der Waals surface area (Å²) in [5.74, 6) is 0.671. The number of carbonyl (C=O) groups excluding carboxylic acids is 3. The lowest BCUT2D eigenvalue weighted by molar-refractivity contribution is -0.132. The number of thiophene rings is 1. The predicted molar refractivity (Wildman–Crippen MR) is 167 cm³/mol. The Bertz CT molecular complexity index is 1340. The number of hydrogen-bond acceptors (Lipinski definition) is 8. The molecule has 10 nitrogen and oxygen atoms in total. The molecule has 1 heterocycles. The Morgan fingerprint density at radius 3 is 2.28 bits per heavy atom. The van der Waals surface area contributed by atoms with Gasteiger partial charge in [0.25, 0.3) is 0 Å². The van der Waals surface area contributed by atoms with E-state index in [9.17, 15) is 14.4 Å². The molecule has 0 bridgehead atoms. The minimum atomic E-state index is -0.429. The van der Waals surface area contributed by atoms with Gasteiger partial charge in [-0.2, -0.15) is 0 Å². The Morgan fingerprint density at radius 1 is 0.907 bits per heavy atom. The van der Waals surface area contributed by atoms with Gasteiger partial charge in [-0.25, -0.2) is 9.59 Å². The van der Waals surface area contributed by atoms with Crippen LogP contribution in [0.3, 0.4) is 0 Å². The summed E-state index contributed by atoms with van der Waals surface area (Å²) in [6, 6.07) is 13.8. The molecule has 2 aromatic carbocycles. The minimum Gasteiger partial charge on any atom is -0.493 e. The van der Waals surface area contributed by atoms with Crippen LogP contribution in [0.5, 0.6) is 11.5 Å². The van der Waals surface area contributed by atoms with Crippen LogP contribution in [-0.4, -0.2) is 81.9 Å². The summed E-state index contributed by atoms with van der Waals surface area (Å²) in [5.41, 5.74) is 3.01. The fourth-order valence-corrected chi connectivity index (χ4v) is 5.27. The summed E-state index contributed by atoms with van der Waals surface area (Å²) in [4.78, 5) is 43.5. The van der Waals surface area contributed by atoms with Crippen LogP contribution >= 0.6 is 11.3 Å². The van der Waals surface area contributed by atoms with Crippen LogP contribution in [-0.2, 0) is 27.2 Å². The molecule has 0 saturated carbocycles. The van der Waals surface area contributed by atoms with Crippen LogP contribution in [0.15, 0.2) is 53.9 Å². The first-order valence-electron chi connectivity index (χ1n) is 14.1. The third kappa shape index (κ3) is 10.0. The van der Waals surface area contributed by atoms with Crippen molar-refractivity contribution in [2.75, 3.05) is 59.5 Å². The van der Waals surface area contributed by atoms with Crippen LogP contribution in [0.2, 0.25) is 0 Å². The molecule has 232 valence electrons. The Balaban J connectivity index is 1.75. The van der Waals surface area contributed by atoms with E-state index >= 15 is 0 Å². The van der Waals surface area contributed by atoms with Crippen molar-refractivity contribution in [1.29, 1.82) is 0 Å². The summed E-state index contributed by atoms with van der Waals surface area (Å²) in [6.07, 6.45) is 1.16. The summed E-state index contributed by atoms with van der Waals surface area (Å²) in [6.45, 7) is 5.61. The molecule has 11 heteroatoms. The molecule has 0 spiro atoms. The number of methoxy groups -OCH3 is 3. The first-order chi connectivity index (χ1) is 20.8. The second-order valence-electron chi connectivity index (χ2n) is 9.78. The van der Waals surface area contributed by atoms with E-state index in [0.29, 0.717) is 61.8 Å². The number of rotatable bonds is 16. The molecule has 1 N–H and O–H groups in total. The van der Waals surface area contributed by atoms with E-state index in [1.54, 1.807) is 68.8 Å². The van der Waals surface area contributed by atoms with E-state index in [4.69, 9.17) is 18.9 Å². The standard InChI is InChI=1S/C32H41N3O7S/c1-6-42-31(37)25-9-11-26(12-10-25)33-32(38)35(16-7-18-39-3)22-30(36)34(21-29-23(2)15-19-43-29)17-14-24-8-13-27(40-4)28(20-24)41-5/h8-13,15,19-20H,6-7,14,16-18,21-22H2,1-5H3,(H,33,38). The molecule has 3 rings (SSSR count). The molecule has 0 aliphatic carbocycles. The average molecular weight is 612 g/mol. The van der Waals surface area contributed by atoms with Gasteiger partial charge in [0.1, 0.15) is 6.54 Å². The van der Waals surface area contributed by atoms with Gasteiger partial charge in [0.2, 0.25) is 5.91 Å². The van der Waals surface area contributed by atoms with Gasteiger partial charge in [-0.3, -0.25) is 4.79 Å². The molecule has 0 atom stereocenters. The molecular weight excluding hydrogens is 570 g/mol. The van der Waals surface area contributed by atoms with Crippen molar-refractivity contribution in [1.82, 2.24) is 9.80 Å². The number of benzene rings is 2. The molecule has 3 amide bonds. The highest BCUT2D eigenvalue weighted by molar-refractivity contribution is 7.10. The van der Waals surface area contributed by atoms with Crippen molar-refractivity contribution in [3.05, 3.63) is 75.5 Å². The van der Waals surface area contributed by atoms with Crippen LogP contribution in [0.4, 0.5) is 10.5 Å². The third-order valence-corrected chi connectivity index (χ3v) is 7.82. The van der Waals surface area contributed by atoms with Gasteiger partial charge in [-0.1, -0.05) is 6.07 Å². The highest BCUT2D eigenvalue weighted by Crippen LogP contribution is 2.28. The van der Waals surface area contributed by atoms with Crippen LogP contribution < -0.4 is 14.8 Å². The quantitative estimate of drug-likeness (QED) is 0.171. The monoisotopic (exact) mass is 611 g/mol. The van der Waals surface area contributed by atoms with Crippen molar-refractivity contribution in [3.8, 4) is 11.5 Å². The van der Waals surface area contributed by atoms with Gasteiger partial charge in [0.05, 0.1) is 32.9 Å². The number of urea groups is 1. The zero-order chi connectivity index (χ0) is 31.2. The normalized spacial score (nSPS) is 10.6. The Labute approximate surface area is 257 Å². The largest absolute Gasteiger partial charge is 0.493 e. The van der Waals surface area contributed by atoms with Gasteiger partial charge in [-0.15, -0.1) is 11.3 Å². The molecule has 0 radical (unpaired) electrons. The summed E-state index contributed by atoms with van der Waals surface area (Å²) in [5, 5.41) is 4.86. The number of ether oxygens (including phenoxy) is 4. The van der Waals surface area contributed by atoms with E-state index in [2.05, 4.69) is 5.32 Å². The molecule has 3 aromatic rings. The Hall–Kier alpha value is -4.09. The summed E-state index contributed by atoms with van der Waals surface area (Å²) >= 11 is 1.61. The molecule has 0 saturated heterocycles. The predicted octanol–water partition coefficient (Wildman–Crippen LogP) is 5.39. The SMILES string of the molecule is CCOC(=O)c1ccc(NC(=O)N(CCCOC)CC(=O)N(CCc2ccc(OC)c(OC)c2)Cc2sccc2C)cc1. The first kappa shape index (κ1) is 33.4. The maximum atomic E-state index is 13.8. The van der Waals surface area contributed by atoms with Gasteiger partial charge in [0.15, 0.2) is 11.5 Å². The van der Waals surface area contributed by atoms with Gasteiger partial charge < -0.3 is 34.1 Å². The van der Waals surface area contributed by atoms with Crippen molar-refractivity contribution >= 4 is 34.9 Å². The van der Waals surface area contributed by atoms with Gasteiger partial charge in [0, 0.05) is 37.4 Å². The van der Waals surface area contributed by atoms with Crippen LogP contribution in [0.1, 0.15) is 39.7 Å². The highest BCUT2D eigenvalue weighted by atomic mass is 32.1. The number of nitrogens with zero attached hydrogens (tertiary/aromatic N) is 2. The minimum absolute atomic E-state index is 0.104. The zero-order valence-corrected chi connectivity index (χ0v) is 26.3. The second kappa shape index (κ2) is 17.1. The molecular formula is C32H41N3O7S. The third-order valence-electron chi connectivity index (χ3n) is 6.81. The lowest BCUT2D eigenvalue weighted by Crippen LogP contribution is -2.45. The fourth-order valence-electron chi connectivity index (χ4n) is 4.35. The summed E-state index contributed by atoms with van der Waals surface area (Å²) in [7, 11) is 4.78. The maximum Gasteiger partial charge on any atom is 0.338 e. The van der Waals surface area contributed by atoms with E-state index in [1.807, 2.05) is 36.6 Å². The lowest BCUT2D eigenvalue weighted by atomic mass is 10.1. The fraction of sp³-hybridized carbons (Fsp3) is 0.406. The van der Waals surface area contributed by atoms with Crippen molar-refractivity contribution in [2.24, 2.45) is 0 Å². The number of aryl methyl sites for hydroxylation is 1. The van der Waals surface area contributed by atoms with E-state index in [0.717, 1.165) is 16.0 Å². The van der Waals surface area contributed by atoms with E-state index < -0.39 is 12.0 Å². The lowest BCUT2D eigenvalue weighted by Gasteiger charge is -2.28. The van der Waals surface area contributed by atoms with E-state index in [1.165, 1.54) is 4.90 Å². The maximum absolute atomic E-state index is 13.8. The van der Waals surface area contributed by atoms with Crippen LogP contribution in [0, 0.1) is 6.92 Å². The molecule has 1 aromatic heterocycles. The van der Waals surface area contributed by atoms with Gasteiger partial charge >= 0.3 is 12.0 Å². The molecule has 0 aliphatic rings.